The number of ether oxygens (including phenoxy) is 3. The lowest BCUT2D eigenvalue weighted by Crippen LogP contribution is -2.33. The van der Waals surface area contributed by atoms with Crippen LogP contribution >= 0.6 is 0 Å². The van der Waals surface area contributed by atoms with E-state index >= 15 is 0 Å². The summed E-state index contributed by atoms with van der Waals surface area (Å²) in [7, 11) is 0. The van der Waals surface area contributed by atoms with Gasteiger partial charge in [-0.25, -0.2) is 4.79 Å². The molecule has 2 unspecified atom stereocenters. The van der Waals surface area contributed by atoms with Gasteiger partial charge < -0.3 is 19.3 Å². The van der Waals surface area contributed by atoms with Crippen LogP contribution in [0, 0.1) is 0 Å². The minimum Gasteiger partial charge on any atom is -0.454 e. The van der Waals surface area contributed by atoms with E-state index in [0.717, 1.165) is 12.8 Å². The lowest BCUT2D eigenvalue weighted by atomic mass is 9.84. The lowest BCUT2D eigenvalue weighted by molar-refractivity contribution is -0.140. The first kappa shape index (κ1) is 12.8. The SMILES string of the molecule is CC1=C2[C@H](C[C@@]3(C)OC3CC[C@@]3(C)OC3[C@@H]2O)OC1=O. The first-order valence-electron chi connectivity index (χ1n) is 7.29. The van der Waals surface area contributed by atoms with E-state index in [0.29, 0.717) is 17.6 Å². The Morgan fingerprint density at radius 2 is 2.00 bits per heavy atom. The summed E-state index contributed by atoms with van der Waals surface area (Å²) >= 11 is 0. The van der Waals surface area contributed by atoms with Crippen LogP contribution < -0.4 is 0 Å². The molecule has 0 aromatic heterocycles. The number of hydrogen-bond acceptors (Lipinski definition) is 5. The molecule has 2 saturated heterocycles. The van der Waals surface area contributed by atoms with E-state index in [9.17, 15) is 9.90 Å². The number of esters is 1. The van der Waals surface area contributed by atoms with Crippen molar-refractivity contribution in [2.24, 2.45) is 0 Å². The van der Waals surface area contributed by atoms with E-state index in [-0.39, 0.29) is 35.5 Å². The molecule has 0 spiro atoms. The maximum atomic E-state index is 11.8. The highest BCUT2D eigenvalue weighted by Crippen LogP contribution is 2.53. The number of carbonyl (C=O) groups excluding carboxylic acids is 1. The summed E-state index contributed by atoms with van der Waals surface area (Å²) in [5, 5.41) is 10.6. The van der Waals surface area contributed by atoms with Gasteiger partial charge in [0.1, 0.15) is 18.3 Å². The number of aliphatic hydroxyl groups is 1. The number of epoxide rings is 2. The molecule has 5 heteroatoms. The quantitative estimate of drug-likeness (QED) is 0.531. The van der Waals surface area contributed by atoms with Crippen LogP contribution in [0.2, 0.25) is 0 Å². The lowest BCUT2D eigenvalue weighted by Gasteiger charge is -2.22. The van der Waals surface area contributed by atoms with Crippen LogP contribution in [0.5, 0.6) is 0 Å². The highest BCUT2D eigenvalue weighted by atomic mass is 16.6. The average Bonchev–Trinajstić information content (AvgIpc) is 3.19. The highest BCUT2D eigenvalue weighted by molar-refractivity contribution is 5.92. The number of rotatable bonds is 0. The molecule has 1 aliphatic carbocycles. The van der Waals surface area contributed by atoms with Crippen molar-refractivity contribution in [3.63, 3.8) is 0 Å². The molecular formula is C15H20O5. The largest absolute Gasteiger partial charge is 0.454 e. The molecule has 4 rings (SSSR count). The zero-order chi connectivity index (χ0) is 14.3. The van der Waals surface area contributed by atoms with E-state index < -0.39 is 6.10 Å². The smallest absolute Gasteiger partial charge is 0.334 e. The van der Waals surface area contributed by atoms with E-state index in [2.05, 4.69) is 6.92 Å². The van der Waals surface area contributed by atoms with Gasteiger partial charge in [-0.2, -0.15) is 0 Å². The Kier molecular flexibility index (Phi) is 2.33. The van der Waals surface area contributed by atoms with Crippen molar-refractivity contribution >= 4 is 5.97 Å². The monoisotopic (exact) mass is 280 g/mol. The van der Waals surface area contributed by atoms with Gasteiger partial charge in [-0.1, -0.05) is 0 Å². The second kappa shape index (κ2) is 3.64. The van der Waals surface area contributed by atoms with Gasteiger partial charge in [0.2, 0.25) is 0 Å². The van der Waals surface area contributed by atoms with Gasteiger partial charge in [0, 0.05) is 17.6 Å². The third-order valence-electron chi connectivity index (χ3n) is 5.41. The van der Waals surface area contributed by atoms with E-state index in [4.69, 9.17) is 14.2 Å². The summed E-state index contributed by atoms with van der Waals surface area (Å²) in [5.41, 5.74) is 0.689. The second-order valence-electron chi connectivity index (χ2n) is 6.93. The molecule has 0 amide bonds. The van der Waals surface area contributed by atoms with Gasteiger partial charge in [-0.15, -0.1) is 0 Å². The highest BCUT2D eigenvalue weighted by Gasteiger charge is 2.63. The molecule has 20 heavy (non-hydrogen) atoms. The summed E-state index contributed by atoms with van der Waals surface area (Å²) in [4.78, 5) is 11.8. The maximum absolute atomic E-state index is 11.8. The summed E-state index contributed by atoms with van der Waals surface area (Å²) in [6.45, 7) is 5.79. The Labute approximate surface area is 117 Å². The molecule has 0 aromatic rings. The minimum atomic E-state index is -0.754. The topological polar surface area (TPSA) is 71.6 Å². The molecule has 6 atom stereocenters. The Morgan fingerprint density at radius 1 is 1.25 bits per heavy atom. The van der Waals surface area contributed by atoms with Crippen molar-refractivity contribution in [1.82, 2.24) is 0 Å². The van der Waals surface area contributed by atoms with Crippen molar-refractivity contribution in [3.05, 3.63) is 11.1 Å². The fraction of sp³-hybridized carbons (Fsp3) is 0.800. The Hall–Kier alpha value is -0.910. The van der Waals surface area contributed by atoms with Gasteiger partial charge in [-0.3, -0.25) is 0 Å². The predicted molar refractivity (Wildman–Crippen MR) is 69.0 cm³/mol. The van der Waals surface area contributed by atoms with Crippen molar-refractivity contribution in [1.29, 1.82) is 0 Å². The third kappa shape index (κ3) is 1.63. The molecule has 3 heterocycles. The number of fused-ring (bicyclic) bond motifs is 3. The predicted octanol–water partition coefficient (Wildman–Crippen LogP) is 1.09. The van der Waals surface area contributed by atoms with Crippen LogP contribution in [0.25, 0.3) is 0 Å². The molecule has 4 aliphatic rings. The van der Waals surface area contributed by atoms with Gasteiger partial charge in [0.25, 0.3) is 0 Å². The normalized spacial score (nSPS) is 53.7. The Morgan fingerprint density at radius 3 is 2.75 bits per heavy atom. The fourth-order valence-corrected chi connectivity index (χ4v) is 3.84. The van der Waals surface area contributed by atoms with Crippen LogP contribution in [0.1, 0.15) is 40.0 Å². The van der Waals surface area contributed by atoms with Crippen LogP contribution in [-0.4, -0.2) is 46.7 Å². The summed E-state index contributed by atoms with van der Waals surface area (Å²) in [6.07, 6.45) is 1.27. The van der Waals surface area contributed by atoms with Crippen molar-refractivity contribution in [2.45, 2.75) is 75.7 Å². The fourth-order valence-electron chi connectivity index (χ4n) is 3.84. The first-order valence-corrected chi connectivity index (χ1v) is 7.29. The zero-order valence-corrected chi connectivity index (χ0v) is 12.0. The van der Waals surface area contributed by atoms with Crippen LogP contribution in [0.15, 0.2) is 11.1 Å². The molecule has 1 saturated carbocycles. The number of carbonyl (C=O) groups is 1. The van der Waals surface area contributed by atoms with Gasteiger partial charge in [-0.05, 0) is 33.6 Å². The molecule has 0 radical (unpaired) electrons. The second-order valence-corrected chi connectivity index (χ2v) is 6.93. The Bertz CT molecular complexity index is 526. The van der Waals surface area contributed by atoms with Gasteiger partial charge in [0.15, 0.2) is 0 Å². The summed E-state index contributed by atoms with van der Waals surface area (Å²) < 4.78 is 17.0. The number of aliphatic hydroxyl groups excluding tert-OH is 1. The third-order valence-corrected chi connectivity index (χ3v) is 5.41. The number of hydrogen-bond donors (Lipinski definition) is 1. The van der Waals surface area contributed by atoms with Crippen molar-refractivity contribution in [3.8, 4) is 0 Å². The van der Waals surface area contributed by atoms with Gasteiger partial charge in [0.05, 0.1) is 17.3 Å². The molecule has 0 bridgehead atoms. The molecule has 0 aromatic carbocycles. The standard InChI is InChI=1S/C15H20O5/c1-7-10-8(18-13(7)17)6-15(3)9(19-15)4-5-14(2)12(20-14)11(10)16/h8-9,11-12,16H,4-6H2,1-3H3/t8-,9?,11+,12?,14+,15+/m0/s1. The molecule has 110 valence electrons. The minimum absolute atomic E-state index is 0.209. The van der Waals surface area contributed by atoms with Gasteiger partial charge >= 0.3 is 5.97 Å². The van der Waals surface area contributed by atoms with Crippen LogP contribution in [0.3, 0.4) is 0 Å². The average molecular weight is 280 g/mol. The summed E-state index contributed by atoms with van der Waals surface area (Å²) in [6, 6.07) is 0. The first-order chi connectivity index (χ1) is 9.34. The van der Waals surface area contributed by atoms with E-state index in [1.54, 1.807) is 6.92 Å². The van der Waals surface area contributed by atoms with E-state index in [1.165, 1.54) is 0 Å². The van der Waals surface area contributed by atoms with E-state index in [1.807, 2.05) is 6.92 Å². The van der Waals surface area contributed by atoms with Crippen LogP contribution in [0.4, 0.5) is 0 Å². The Balaban J connectivity index is 1.71. The maximum Gasteiger partial charge on any atom is 0.334 e. The molecule has 1 N–H and O–H groups in total. The van der Waals surface area contributed by atoms with Crippen LogP contribution in [-0.2, 0) is 19.0 Å². The van der Waals surface area contributed by atoms with Crippen molar-refractivity contribution < 1.29 is 24.1 Å². The zero-order valence-electron chi connectivity index (χ0n) is 12.0. The molecular weight excluding hydrogens is 260 g/mol. The van der Waals surface area contributed by atoms with Crippen molar-refractivity contribution in [2.75, 3.05) is 0 Å². The molecule has 3 aliphatic heterocycles. The molecule has 3 fully saturated rings. The molecule has 5 nitrogen and oxygen atoms in total. The summed E-state index contributed by atoms with van der Waals surface area (Å²) in [5.74, 6) is -0.327.